The van der Waals surface area contributed by atoms with E-state index in [2.05, 4.69) is 47.6 Å². The monoisotopic (exact) mass is 400 g/mol. The maximum atomic E-state index is 10.3. The standard InChI is InChI=1S/C28H48O/c1-19(2)8-7-9-20(3)23-13-16-28(6)25-11-10-21-18-22(29)12-15-26(21,4)24(25)14-17-27(23,28)5/h10,19-20,22-25,29H,7-9,11-18H2,1-6H3/t20-,22?,23-,24+,25-,26+,27-,28+/m1/s1. The molecule has 0 aliphatic heterocycles. The van der Waals surface area contributed by atoms with Crippen LogP contribution in [-0.4, -0.2) is 11.2 Å². The predicted molar refractivity (Wildman–Crippen MR) is 124 cm³/mol. The molecule has 0 heterocycles. The highest BCUT2D eigenvalue weighted by Gasteiger charge is 2.64. The third kappa shape index (κ3) is 3.37. The maximum Gasteiger partial charge on any atom is 0.0577 e. The Morgan fingerprint density at radius 2 is 1.66 bits per heavy atom. The Hall–Kier alpha value is -0.300. The van der Waals surface area contributed by atoms with E-state index >= 15 is 0 Å². The van der Waals surface area contributed by atoms with Gasteiger partial charge in [0.05, 0.1) is 6.10 Å². The summed E-state index contributed by atoms with van der Waals surface area (Å²) in [4.78, 5) is 0. The van der Waals surface area contributed by atoms with Crippen molar-refractivity contribution in [2.45, 2.75) is 118 Å². The molecule has 29 heavy (non-hydrogen) atoms. The number of allylic oxidation sites excluding steroid dienone is 1. The van der Waals surface area contributed by atoms with E-state index < -0.39 is 0 Å². The van der Waals surface area contributed by atoms with Gasteiger partial charge < -0.3 is 5.11 Å². The van der Waals surface area contributed by atoms with E-state index in [1.54, 1.807) is 5.57 Å². The molecule has 8 atom stereocenters. The van der Waals surface area contributed by atoms with Crippen molar-refractivity contribution in [1.29, 1.82) is 0 Å². The highest BCUT2D eigenvalue weighted by molar-refractivity contribution is 5.27. The first kappa shape index (κ1) is 21.9. The van der Waals surface area contributed by atoms with Crippen LogP contribution in [0.15, 0.2) is 11.6 Å². The van der Waals surface area contributed by atoms with Crippen molar-refractivity contribution in [2.24, 2.45) is 45.8 Å². The molecule has 0 aromatic carbocycles. The summed E-state index contributed by atoms with van der Waals surface area (Å²) in [5.74, 6) is 4.36. The molecule has 4 rings (SSSR count). The molecule has 0 aromatic heterocycles. The first-order chi connectivity index (χ1) is 13.6. The zero-order valence-electron chi connectivity index (χ0n) is 20.3. The van der Waals surface area contributed by atoms with Crippen LogP contribution in [0.25, 0.3) is 0 Å². The lowest BCUT2D eigenvalue weighted by Gasteiger charge is -2.63. The largest absolute Gasteiger partial charge is 0.393 e. The molecule has 0 saturated heterocycles. The number of aliphatic hydroxyl groups is 1. The zero-order valence-corrected chi connectivity index (χ0v) is 20.3. The Morgan fingerprint density at radius 3 is 2.38 bits per heavy atom. The third-order valence-electron chi connectivity index (χ3n) is 11.1. The lowest BCUT2D eigenvalue weighted by molar-refractivity contribution is -0.114. The minimum Gasteiger partial charge on any atom is -0.393 e. The minimum absolute atomic E-state index is 0.0853. The predicted octanol–water partition coefficient (Wildman–Crippen LogP) is 7.78. The van der Waals surface area contributed by atoms with Crippen molar-refractivity contribution in [3.63, 3.8) is 0 Å². The fourth-order valence-corrected chi connectivity index (χ4v) is 9.04. The van der Waals surface area contributed by atoms with Crippen LogP contribution >= 0.6 is 0 Å². The van der Waals surface area contributed by atoms with Crippen molar-refractivity contribution < 1.29 is 5.11 Å². The molecular weight excluding hydrogens is 352 g/mol. The van der Waals surface area contributed by atoms with Gasteiger partial charge >= 0.3 is 0 Å². The Labute approximate surface area is 181 Å². The Morgan fingerprint density at radius 1 is 0.931 bits per heavy atom. The molecule has 166 valence electrons. The lowest BCUT2D eigenvalue weighted by atomic mass is 9.42. The zero-order chi connectivity index (χ0) is 21.0. The lowest BCUT2D eigenvalue weighted by Crippen LogP contribution is -2.55. The summed E-state index contributed by atoms with van der Waals surface area (Å²) in [7, 11) is 0. The number of fused-ring (bicyclic) bond motifs is 5. The fraction of sp³-hybridized carbons (Fsp3) is 0.929. The summed E-state index contributed by atoms with van der Waals surface area (Å²) in [6.07, 6.45) is 17.0. The molecule has 0 radical (unpaired) electrons. The van der Waals surface area contributed by atoms with Gasteiger partial charge in [0, 0.05) is 0 Å². The summed E-state index contributed by atoms with van der Waals surface area (Å²) in [6, 6.07) is 0. The molecule has 0 spiro atoms. The van der Waals surface area contributed by atoms with Gasteiger partial charge in [0.2, 0.25) is 0 Å². The van der Waals surface area contributed by atoms with E-state index in [9.17, 15) is 5.11 Å². The second-order valence-electron chi connectivity index (χ2n) is 12.8. The van der Waals surface area contributed by atoms with E-state index in [0.717, 1.165) is 42.4 Å². The second kappa shape index (κ2) is 7.68. The number of aliphatic hydroxyl groups excluding tert-OH is 1. The van der Waals surface area contributed by atoms with Gasteiger partial charge in [-0.1, -0.05) is 72.5 Å². The average Bonchev–Trinajstić information content (AvgIpc) is 2.93. The van der Waals surface area contributed by atoms with Gasteiger partial charge in [-0.15, -0.1) is 0 Å². The fourth-order valence-electron chi connectivity index (χ4n) is 9.04. The Balaban J connectivity index is 1.55. The second-order valence-corrected chi connectivity index (χ2v) is 12.8. The van der Waals surface area contributed by atoms with Crippen LogP contribution in [0.5, 0.6) is 0 Å². The van der Waals surface area contributed by atoms with Crippen molar-refractivity contribution in [2.75, 3.05) is 0 Å². The van der Waals surface area contributed by atoms with E-state index in [0.29, 0.717) is 16.2 Å². The molecule has 0 aromatic rings. The highest BCUT2D eigenvalue weighted by Crippen LogP contribution is 2.72. The summed E-state index contributed by atoms with van der Waals surface area (Å²) in [6.45, 7) is 15.3. The number of rotatable bonds is 5. The molecule has 0 bridgehead atoms. The van der Waals surface area contributed by atoms with Crippen molar-refractivity contribution >= 4 is 0 Å². The number of hydrogen-bond donors (Lipinski definition) is 1. The van der Waals surface area contributed by atoms with Crippen LogP contribution in [0.3, 0.4) is 0 Å². The first-order valence-corrected chi connectivity index (χ1v) is 13.0. The molecule has 4 aliphatic carbocycles. The van der Waals surface area contributed by atoms with Crippen LogP contribution in [0.4, 0.5) is 0 Å². The Bertz CT molecular complexity index is 634. The highest BCUT2D eigenvalue weighted by atomic mass is 16.3. The van der Waals surface area contributed by atoms with Crippen molar-refractivity contribution in [3.8, 4) is 0 Å². The van der Waals surface area contributed by atoms with Crippen LogP contribution in [0.1, 0.15) is 112 Å². The Kier molecular flexibility index (Phi) is 5.81. The van der Waals surface area contributed by atoms with Crippen LogP contribution in [0, 0.1) is 45.8 Å². The van der Waals surface area contributed by atoms with E-state index in [4.69, 9.17) is 0 Å². The quantitative estimate of drug-likeness (QED) is 0.467. The average molecular weight is 401 g/mol. The topological polar surface area (TPSA) is 20.2 Å². The van der Waals surface area contributed by atoms with E-state index in [1.807, 2.05) is 0 Å². The summed E-state index contributed by atoms with van der Waals surface area (Å²) < 4.78 is 0. The van der Waals surface area contributed by atoms with Crippen LogP contribution in [-0.2, 0) is 0 Å². The molecule has 1 nitrogen and oxygen atoms in total. The van der Waals surface area contributed by atoms with Gasteiger partial charge in [-0.2, -0.15) is 0 Å². The molecule has 1 N–H and O–H groups in total. The molecule has 3 fully saturated rings. The van der Waals surface area contributed by atoms with E-state index in [1.165, 1.54) is 57.8 Å². The molecule has 0 amide bonds. The van der Waals surface area contributed by atoms with Crippen LogP contribution < -0.4 is 0 Å². The smallest absolute Gasteiger partial charge is 0.0577 e. The molecular formula is C28H48O. The van der Waals surface area contributed by atoms with Crippen LogP contribution in [0.2, 0.25) is 0 Å². The minimum atomic E-state index is -0.0853. The summed E-state index contributed by atoms with van der Waals surface area (Å²) >= 11 is 0. The number of hydrogen-bond acceptors (Lipinski definition) is 1. The maximum absolute atomic E-state index is 10.3. The van der Waals surface area contributed by atoms with Gasteiger partial charge in [-0.3, -0.25) is 0 Å². The summed E-state index contributed by atoms with van der Waals surface area (Å²) in [5, 5.41) is 10.3. The SMILES string of the molecule is CC(C)CCC[C@@H](C)[C@H]1CC[C@@]2(C)[C@@H]3CC=C4CC(O)CC[C@]4(C)[C@H]3CC[C@]12C. The first-order valence-electron chi connectivity index (χ1n) is 13.0. The summed E-state index contributed by atoms with van der Waals surface area (Å²) in [5.41, 5.74) is 3.02. The van der Waals surface area contributed by atoms with Gasteiger partial charge in [0.15, 0.2) is 0 Å². The molecule has 3 saturated carbocycles. The normalized spacial score (nSPS) is 47.9. The molecule has 1 heteroatoms. The van der Waals surface area contributed by atoms with Gasteiger partial charge in [0.1, 0.15) is 0 Å². The van der Waals surface area contributed by atoms with Gasteiger partial charge in [0.25, 0.3) is 0 Å². The van der Waals surface area contributed by atoms with Crippen molar-refractivity contribution in [1.82, 2.24) is 0 Å². The molecule has 4 aliphatic rings. The third-order valence-corrected chi connectivity index (χ3v) is 11.1. The van der Waals surface area contributed by atoms with E-state index in [-0.39, 0.29) is 6.10 Å². The van der Waals surface area contributed by atoms with Crippen molar-refractivity contribution in [3.05, 3.63) is 11.6 Å². The molecule has 1 unspecified atom stereocenters. The van der Waals surface area contributed by atoms with Gasteiger partial charge in [-0.05, 0) is 97.2 Å². The van der Waals surface area contributed by atoms with Gasteiger partial charge in [-0.25, -0.2) is 0 Å².